The van der Waals surface area contributed by atoms with Gasteiger partial charge in [-0.1, -0.05) is 30.3 Å². The highest BCUT2D eigenvalue weighted by Gasteiger charge is 2.37. The number of carbonyl (C=O) groups is 2. The van der Waals surface area contributed by atoms with Crippen LogP contribution in [-0.4, -0.2) is 40.7 Å². The van der Waals surface area contributed by atoms with E-state index in [1.807, 2.05) is 23.1 Å². The second kappa shape index (κ2) is 6.64. The lowest BCUT2D eigenvalue weighted by Crippen LogP contribution is -2.47. The molecule has 1 aromatic carbocycles. The van der Waals surface area contributed by atoms with Gasteiger partial charge in [-0.15, -0.1) is 11.3 Å². The third-order valence-corrected chi connectivity index (χ3v) is 6.10. The number of thiophene rings is 1. The molecule has 25 heavy (non-hydrogen) atoms. The van der Waals surface area contributed by atoms with Crippen molar-refractivity contribution < 1.29 is 9.59 Å². The first kappa shape index (κ1) is 16.3. The highest BCUT2D eigenvalue weighted by atomic mass is 32.1. The van der Waals surface area contributed by atoms with Crippen molar-refractivity contribution in [1.29, 1.82) is 0 Å². The van der Waals surface area contributed by atoms with Gasteiger partial charge >= 0.3 is 0 Å². The van der Waals surface area contributed by atoms with Gasteiger partial charge in [-0.05, 0) is 41.8 Å². The largest absolute Gasteiger partial charge is 0.331 e. The Bertz CT molecular complexity index is 782. The Kier molecular flexibility index (Phi) is 4.34. The zero-order chi connectivity index (χ0) is 17.4. The van der Waals surface area contributed by atoms with Crippen LogP contribution in [0.3, 0.4) is 0 Å². The lowest BCUT2D eigenvalue weighted by atomic mass is 9.93. The van der Waals surface area contributed by atoms with Crippen LogP contribution in [0.2, 0.25) is 0 Å². The van der Waals surface area contributed by atoms with E-state index in [1.54, 1.807) is 23.2 Å². The number of fused-ring (bicyclic) bond motifs is 1. The standard InChI is InChI=1S/C20H22N2O2S/c1-14(23)22(16-7-8-16)13-19(24)21-11-9-18-17(10-12-25-18)20(21)15-5-3-2-4-6-15/h2-6,10,12,16,20H,7-9,11,13H2,1H3. The Labute approximate surface area is 152 Å². The highest BCUT2D eigenvalue weighted by molar-refractivity contribution is 7.10. The van der Waals surface area contributed by atoms with Crippen molar-refractivity contribution in [3.63, 3.8) is 0 Å². The van der Waals surface area contributed by atoms with Gasteiger partial charge in [0.2, 0.25) is 11.8 Å². The van der Waals surface area contributed by atoms with Crippen LogP contribution in [0.4, 0.5) is 0 Å². The number of rotatable bonds is 4. The molecule has 2 amide bonds. The molecule has 5 heteroatoms. The van der Waals surface area contributed by atoms with Gasteiger partial charge in [0.05, 0.1) is 6.04 Å². The molecular weight excluding hydrogens is 332 g/mol. The van der Waals surface area contributed by atoms with E-state index in [2.05, 4.69) is 23.6 Å². The first-order valence-corrected chi connectivity index (χ1v) is 9.71. The second-order valence-corrected chi connectivity index (χ2v) is 7.83. The zero-order valence-electron chi connectivity index (χ0n) is 14.4. The zero-order valence-corrected chi connectivity index (χ0v) is 15.2. The van der Waals surface area contributed by atoms with Gasteiger partial charge in [0.15, 0.2) is 0 Å². The molecule has 1 unspecified atom stereocenters. The number of hydrogen-bond acceptors (Lipinski definition) is 3. The maximum absolute atomic E-state index is 13.1. The van der Waals surface area contributed by atoms with Crippen molar-refractivity contribution in [2.24, 2.45) is 0 Å². The maximum Gasteiger partial charge on any atom is 0.243 e. The Morgan fingerprint density at radius 2 is 1.96 bits per heavy atom. The Morgan fingerprint density at radius 1 is 1.20 bits per heavy atom. The molecule has 2 aliphatic rings. The van der Waals surface area contributed by atoms with Crippen molar-refractivity contribution in [2.75, 3.05) is 13.1 Å². The number of hydrogen-bond donors (Lipinski definition) is 0. The molecule has 0 saturated heterocycles. The minimum Gasteiger partial charge on any atom is -0.331 e. The fraction of sp³-hybridized carbons (Fsp3) is 0.400. The van der Waals surface area contributed by atoms with Crippen LogP contribution >= 0.6 is 11.3 Å². The number of nitrogens with zero attached hydrogens (tertiary/aromatic N) is 2. The van der Waals surface area contributed by atoms with E-state index in [4.69, 9.17) is 0 Å². The van der Waals surface area contributed by atoms with Crippen molar-refractivity contribution in [2.45, 2.75) is 38.3 Å². The summed E-state index contributed by atoms with van der Waals surface area (Å²) in [5, 5.41) is 2.11. The van der Waals surface area contributed by atoms with E-state index in [-0.39, 0.29) is 30.4 Å². The lowest BCUT2D eigenvalue weighted by molar-refractivity contribution is -0.141. The van der Waals surface area contributed by atoms with Crippen LogP contribution in [0.25, 0.3) is 0 Å². The lowest BCUT2D eigenvalue weighted by Gasteiger charge is -2.37. The minimum absolute atomic E-state index is 0.000318. The molecule has 1 aromatic heterocycles. The predicted octanol–water partition coefficient (Wildman–Crippen LogP) is 3.23. The fourth-order valence-electron chi connectivity index (χ4n) is 3.70. The normalized spacial score (nSPS) is 19.4. The predicted molar refractivity (Wildman–Crippen MR) is 98.4 cm³/mol. The van der Waals surface area contributed by atoms with Crippen LogP contribution in [-0.2, 0) is 16.0 Å². The molecule has 0 radical (unpaired) electrons. The van der Waals surface area contributed by atoms with E-state index in [0.717, 1.165) is 24.8 Å². The first-order valence-electron chi connectivity index (χ1n) is 8.83. The first-order chi connectivity index (χ1) is 12.1. The van der Waals surface area contributed by atoms with Gasteiger partial charge in [0, 0.05) is 24.4 Å². The summed E-state index contributed by atoms with van der Waals surface area (Å²) in [6.45, 7) is 2.47. The molecule has 4 nitrogen and oxygen atoms in total. The van der Waals surface area contributed by atoms with Gasteiger partial charge in [-0.25, -0.2) is 0 Å². The van der Waals surface area contributed by atoms with E-state index < -0.39 is 0 Å². The van der Waals surface area contributed by atoms with Crippen LogP contribution in [0.1, 0.15) is 41.8 Å². The summed E-state index contributed by atoms with van der Waals surface area (Å²) in [4.78, 5) is 30.1. The third kappa shape index (κ3) is 3.21. The molecule has 0 bridgehead atoms. The van der Waals surface area contributed by atoms with Crippen molar-refractivity contribution in [3.05, 3.63) is 57.8 Å². The summed E-state index contributed by atoms with van der Waals surface area (Å²) < 4.78 is 0. The Morgan fingerprint density at radius 3 is 2.64 bits per heavy atom. The van der Waals surface area contributed by atoms with Crippen molar-refractivity contribution >= 4 is 23.2 Å². The van der Waals surface area contributed by atoms with E-state index in [0.29, 0.717) is 6.54 Å². The molecule has 1 fully saturated rings. The quantitative estimate of drug-likeness (QED) is 0.846. The number of carbonyl (C=O) groups excluding carboxylic acids is 2. The SMILES string of the molecule is CC(=O)N(CC(=O)N1CCc2sccc2C1c1ccccc1)C1CC1. The molecule has 0 N–H and O–H groups in total. The summed E-state index contributed by atoms with van der Waals surface area (Å²) in [5.74, 6) is 0.0492. The van der Waals surface area contributed by atoms with Gasteiger partial charge < -0.3 is 9.80 Å². The monoisotopic (exact) mass is 354 g/mol. The molecular formula is C20H22N2O2S. The van der Waals surface area contributed by atoms with Crippen LogP contribution in [0.15, 0.2) is 41.8 Å². The van der Waals surface area contributed by atoms with Crippen LogP contribution in [0, 0.1) is 0 Å². The fourth-order valence-corrected chi connectivity index (χ4v) is 4.60. The number of amides is 2. The summed E-state index contributed by atoms with van der Waals surface area (Å²) in [6, 6.07) is 12.6. The Hall–Kier alpha value is -2.14. The highest BCUT2D eigenvalue weighted by Crippen LogP contribution is 2.38. The molecule has 1 saturated carbocycles. The molecule has 4 rings (SSSR count). The van der Waals surface area contributed by atoms with E-state index >= 15 is 0 Å². The van der Waals surface area contributed by atoms with Crippen LogP contribution < -0.4 is 0 Å². The molecule has 130 valence electrons. The van der Waals surface area contributed by atoms with Crippen molar-refractivity contribution in [1.82, 2.24) is 9.80 Å². The Balaban J connectivity index is 1.63. The van der Waals surface area contributed by atoms with E-state index in [1.165, 1.54) is 10.4 Å². The average Bonchev–Trinajstić information content (AvgIpc) is 3.35. The average molecular weight is 354 g/mol. The second-order valence-electron chi connectivity index (χ2n) is 6.83. The van der Waals surface area contributed by atoms with Gasteiger partial charge in [-0.2, -0.15) is 0 Å². The third-order valence-electron chi connectivity index (χ3n) is 5.10. The van der Waals surface area contributed by atoms with Crippen LogP contribution in [0.5, 0.6) is 0 Å². The minimum atomic E-state index is -0.0447. The van der Waals surface area contributed by atoms with Gasteiger partial charge in [0.1, 0.15) is 6.54 Å². The van der Waals surface area contributed by atoms with Gasteiger partial charge in [0.25, 0.3) is 0 Å². The smallest absolute Gasteiger partial charge is 0.243 e. The summed E-state index contributed by atoms with van der Waals surface area (Å²) in [7, 11) is 0. The topological polar surface area (TPSA) is 40.6 Å². The summed E-state index contributed by atoms with van der Waals surface area (Å²) >= 11 is 1.77. The summed E-state index contributed by atoms with van der Waals surface area (Å²) in [6.07, 6.45) is 2.93. The van der Waals surface area contributed by atoms with E-state index in [9.17, 15) is 9.59 Å². The van der Waals surface area contributed by atoms with Gasteiger partial charge in [-0.3, -0.25) is 9.59 Å². The maximum atomic E-state index is 13.1. The molecule has 1 aliphatic carbocycles. The molecule has 2 aromatic rings. The molecule has 1 aliphatic heterocycles. The number of benzene rings is 1. The molecule has 0 spiro atoms. The summed E-state index contributed by atoms with van der Waals surface area (Å²) in [5.41, 5.74) is 2.37. The molecule has 1 atom stereocenters. The molecule has 2 heterocycles. The van der Waals surface area contributed by atoms with Crippen molar-refractivity contribution in [3.8, 4) is 0 Å².